The fraction of sp³-hybridized carbons (Fsp3) is 0.417. The van der Waals surface area contributed by atoms with Gasteiger partial charge in [0.1, 0.15) is 0 Å². The van der Waals surface area contributed by atoms with Gasteiger partial charge in [-0.25, -0.2) is 0 Å². The van der Waals surface area contributed by atoms with Crippen LogP contribution in [0, 0.1) is 6.92 Å². The van der Waals surface area contributed by atoms with E-state index in [4.69, 9.17) is 4.99 Å². The molecule has 31 heavy (non-hydrogen) atoms. The van der Waals surface area contributed by atoms with Crippen LogP contribution in [0.2, 0.25) is 0 Å². The summed E-state index contributed by atoms with van der Waals surface area (Å²) in [5.74, 6) is 0.824. The summed E-state index contributed by atoms with van der Waals surface area (Å²) >= 11 is 0. The lowest BCUT2D eigenvalue weighted by Crippen LogP contribution is -2.44. The highest BCUT2D eigenvalue weighted by Gasteiger charge is 2.23. The number of nitrogens with one attached hydrogen (secondary N) is 3. The summed E-state index contributed by atoms with van der Waals surface area (Å²) < 4.78 is 0. The minimum atomic E-state index is -0.0541. The molecule has 7 heteroatoms. The van der Waals surface area contributed by atoms with E-state index in [1.54, 1.807) is 0 Å². The highest BCUT2D eigenvalue weighted by Crippen LogP contribution is 2.20. The van der Waals surface area contributed by atoms with Gasteiger partial charge >= 0.3 is 0 Å². The first-order chi connectivity index (χ1) is 14.5. The molecular weight excluding hydrogens is 501 g/mol. The van der Waals surface area contributed by atoms with Gasteiger partial charge in [0.15, 0.2) is 5.96 Å². The molecule has 0 saturated carbocycles. The molecule has 0 bridgehead atoms. The second-order valence-electron chi connectivity index (χ2n) is 7.80. The molecule has 3 N–H and O–H groups in total. The predicted molar refractivity (Wildman–Crippen MR) is 141 cm³/mol. The SMILES string of the molecule is CCNC(=NCCc1ccc(NC(C)=O)cc1)NC1CCN(c2ccc(C)cc2)C1.I. The molecule has 1 aliphatic rings. The summed E-state index contributed by atoms with van der Waals surface area (Å²) in [6.45, 7) is 9.32. The molecular formula is C24H34IN5O. The zero-order valence-electron chi connectivity index (χ0n) is 18.6. The van der Waals surface area contributed by atoms with Crippen molar-refractivity contribution in [1.82, 2.24) is 10.6 Å². The largest absolute Gasteiger partial charge is 0.369 e. The normalized spacial score (nSPS) is 15.9. The maximum atomic E-state index is 11.1. The van der Waals surface area contributed by atoms with E-state index in [0.29, 0.717) is 12.6 Å². The van der Waals surface area contributed by atoms with E-state index in [9.17, 15) is 4.79 Å². The quantitative estimate of drug-likeness (QED) is 0.286. The molecule has 0 spiro atoms. The number of aliphatic imine (C=N–C) groups is 1. The van der Waals surface area contributed by atoms with Gasteiger partial charge in [0.05, 0.1) is 0 Å². The zero-order valence-corrected chi connectivity index (χ0v) is 21.0. The Balaban J connectivity index is 0.00000341. The fourth-order valence-electron chi connectivity index (χ4n) is 3.64. The number of anilines is 2. The molecule has 1 amide bonds. The topological polar surface area (TPSA) is 68.8 Å². The van der Waals surface area contributed by atoms with E-state index in [2.05, 4.69) is 59.0 Å². The standard InChI is InChI=1S/C24H33N5O.HI/c1-4-25-24(26-15-13-20-7-9-21(10-8-20)27-19(3)30)28-22-14-16-29(17-22)23-11-5-18(2)6-12-23;/h5-12,22H,4,13-17H2,1-3H3,(H,27,30)(H2,25,26,28);1H. The zero-order chi connectivity index (χ0) is 21.3. The van der Waals surface area contributed by atoms with Crippen LogP contribution in [0.3, 0.4) is 0 Å². The van der Waals surface area contributed by atoms with Gasteiger partial charge in [0.2, 0.25) is 5.91 Å². The number of aryl methyl sites for hydroxylation is 1. The number of hydrogen-bond donors (Lipinski definition) is 3. The molecule has 0 aromatic heterocycles. The molecule has 6 nitrogen and oxygen atoms in total. The summed E-state index contributed by atoms with van der Waals surface area (Å²) in [7, 11) is 0. The van der Waals surface area contributed by atoms with E-state index in [0.717, 1.165) is 44.1 Å². The Labute approximate surface area is 202 Å². The minimum Gasteiger partial charge on any atom is -0.369 e. The van der Waals surface area contributed by atoms with Crippen molar-refractivity contribution in [1.29, 1.82) is 0 Å². The van der Waals surface area contributed by atoms with Gasteiger partial charge in [-0.05, 0) is 56.5 Å². The average Bonchev–Trinajstić information content (AvgIpc) is 3.18. The highest BCUT2D eigenvalue weighted by atomic mass is 127. The fourth-order valence-corrected chi connectivity index (χ4v) is 3.64. The molecule has 2 aromatic carbocycles. The summed E-state index contributed by atoms with van der Waals surface area (Å²) in [6, 6.07) is 17.1. The minimum absolute atomic E-state index is 0. The third kappa shape index (κ3) is 8.05. The van der Waals surface area contributed by atoms with Crippen molar-refractivity contribution >= 4 is 47.2 Å². The summed E-state index contributed by atoms with van der Waals surface area (Å²) in [5.41, 5.74) is 4.60. The monoisotopic (exact) mass is 535 g/mol. The van der Waals surface area contributed by atoms with Crippen molar-refractivity contribution in [3.63, 3.8) is 0 Å². The number of benzene rings is 2. The van der Waals surface area contributed by atoms with Crippen LogP contribution in [0.4, 0.5) is 11.4 Å². The lowest BCUT2D eigenvalue weighted by molar-refractivity contribution is -0.114. The van der Waals surface area contributed by atoms with Gasteiger partial charge in [0, 0.05) is 50.5 Å². The molecule has 1 unspecified atom stereocenters. The van der Waals surface area contributed by atoms with Gasteiger partial charge in [0.25, 0.3) is 0 Å². The van der Waals surface area contributed by atoms with E-state index in [-0.39, 0.29) is 29.9 Å². The van der Waals surface area contributed by atoms with Crippen LogP contribution in [0.15, 0.2) is 53.5 Å². The predicted octanol–water partition coefficient (Wildman–Crippen LogP) is 3.95. The molecule has 168 valence electrons. The maximum Gasteiger partial charge on any atom is 0.221 e. The molecule has 0 radical (unpaired) electrons. The molecule has 2 aromatic rings. The third-order valence-corrected chi connectivity index (χ3v) is 5.22. The Morgan fingerprint density at radius 1 is 1.13 bits per heavy atom. The highest BCUT2D eigenvalue weighted by molar-refractivity contribution is 14.0. The number of guanidine groups is 1. The molecule has 1 saturated heterocycles. The number of hydrogen-bond acceptors (Lipinski definition) is 3. The molecule has 1 fully saturated rings. The van der Waals surface area contributed by atoms with Crippen molar-refractivity contribution in [3.8, 4) is 0 Å². The number of carbonyl (C=O) groups excluding carboxylic acids is 1. The number of nitrogens with zero attached hydrogens (tertiary/aromatic N) is 2. The first-order valence-electron chi connectivity index (χ1n) is 10.8. The van der Waals surface area contributed by atoms with Crippen molar-refractivity contribution in [2.75, 3.05) is 36.4 Å². The van der Waals surface area contributed by atoms with Crippen molar-refractivity contribution < 1.29 is 4.79 Å². The first kappa shape index (κ1) is 25.0. The van der Waals surface area contributed by atoms with Crippen LogP contribution in [0.1, 0.15) is 31.4 Å². The van der Waals surface area contributed by atoms with Crippen molar-refractivity contribution in [2.24, 2.45) is 4.99 Å². The Morgan fingerprint density at radius 3 is 2.48 bits per heavy atom. The second-order valence-corrected chi connectivity index (χ2v) is 7.80. The summed E-state index contributed by atoms with van der Waals surface area (Å²) in [5, 5.41) is 9.75. The Hall–Kier alpha value is -2.29. The molecule has 1 atom stereocenters. The Bertz CT molecular complexity index is 851. The maximum absolute atomic E-state index is 11.1. The van der Waals surface area contributed by atoms with Crippen LogP contribution in [0.25, 0.3) is 0 Å². The Morgan fingerprint density at radius 2 is 1.84 bits per heavy atom. The van der Waals surface area contributed by atoms with E-state index < -0.39 is 0 Å². The van der Waals surface area contributed by atoms with E-state index in [1.165, 1.54) is 23.7 Å². The lowest BCUT2D eigenvalue weighted by Gasteiger charge is -2.20. The van der Waals surface area contributed by atoms with Gasteiger partial charge < -0.3 is 20.9 Å². The first-order valence-corrected chi connectivity index (χ1v) is 10.8. The average molecular weight is 535 g/mol. The van der Waals surface area contributed by atoms with Crippen LogP contribution < -0.4 is 20.9 Å². The van der Waals surface area contributed by atoms with E-state index in [1.807, 2.05) is 24.3 Å². The molecule has 1 aliphatic heterocycles. The molecule has 1 heterocycles. The summed E-state index contributed by atoms with van der Waals surface area (Å²) in [4.78, 5) is 18.3. The van der Waals surface area contributed by atoms with Gasteiger partial charge in [-0.3, -0.25) is 9.79 Å². The number of rotatable bonds is 7. The molecule has 3 rings (SSSR count). The van der Waals surface area contributed by atoms with Gasteiger partial charge in [-0.2, -0.15) is 0 Å². The second kappa shape index (κ2) is 12.5. The van der Waals surface area contributed by atoms with E-state index >= 15 is 0 Å². The van der Waals surface area contributed by atoms with Crippen molar-refractivity contribution in [3.05, 3.63) is 59.7 Å². The van der Waals surface area contributed by atoms with Crippen molar-refractivity contribution in [2.45, 2.75) is 39.7 Å². The van der Waals surface area contributed by atoms with Gasteiger partial charge in [-0.1, -0.05) is 29.8 Å². The third-order valence-electron chi connectivity index (χ3n) is 5.22. The Kier molecular flexibility index (Phi) is 10.1. The van der Waals surface area contributed by atoms with Gasteiger partial charge in [-0.15, -0.1) is 24.0 Å². The number of carbonyl (C=O) groups is 1. The smallest absolute Gasteiger partial charge is 0.221 e. The van der Waals surface area contributed by atoms with Crippen LogP contribution in [0.5, 0.6) is 0 Å². The number of halogens is 1. The summed E-state index contributed by atoms with van der Waals surface area (Å²) in [6.07, 6.45) is 1.96. The van der Waals surface area contributed by atoms with Crippen LogP contribution >= 0.6 is 24.0 Å². The van der Waals surface area contributed by atoms with Crippen LogP contribution in [-0.4, -0.2) is 44.1 Å². The molecule has 0 aliphatic carbocycles. The van der Waals surface area contributed by atoms with Crippen LogP contribution in [-0.2, 0) is 11.2 Å². The number of amides is 1. The lowest BCUT2D eigenvalue weighted by atomic mass is 10.1.